The van der Waals surface area contributed by atoms with Crippen molar-refractivity contribution in [3.8, 4) is 11.5 Å². The molecular formula is C21H30O5Si. The van der Waals surface area contributed by atoms with Crippen molar-refractivity contribution in [2.24, 2.45) is 0 Å². The van der Waals surface area contributed by atoms with Gasteiger partial charge in [-0.05, 0) is 18.6 Å². The van der Waals surface area contributed by atoms with Crippen LogP contribution in [0, 0.1) is 11.5 Å². The highest BCUT2D eigenvalue weighted by atomic mass is 28.3. The van der Waals surface area contributed by atoms with E-state index in [-0.39, 0.29) is 13.0 Å². The van der Waals surface area contributed by atoms with Gasteiger partial charge in [0.25, 0.3) is 0 Å². The van der Waals surface area contributed by atoms with Crippen molar-refractivity contribution < 1.29 is 24.5 Å². The number of hydrogen-bond donors (Lipinski definition) is 2. The van der Waals surface area contributed by atoms with E-state index in [2.05, 4.69) is 31.1 Å². The number of carbonyl (C=O) groups is 1. The van der Waals surface area contributed by atoms with Gasteiger partial charge in [0.15, 0.2) is 0 Å². The van der Waals surface area contributed by atoms with Gasteiger partial charge in [0.05, 0.1) is 25.4 Å². The smallest absolute Gasteiger partial charge is 0.330 e. The Labute approximate surface area is 163 Å². The lowest BCUT2D eigenvalue weighted by atomic mass is 10.1. The first kappa shape index (κ1) is 23.1. The summed E-state index contributed by atoms with van der Waals surface area (Å²) < 4.78 is 10.6. The van der Waals surface area contributed by atoms with Gasteiger partial charge in [-0.1, -0.05) is 55.9 Å². The van der Waals surface area contributed by atoms with E-state index in [1.165, 1.54) is 6.08 Å². The summed E-state index contributed by atoms with van der Waals surface area (Å²) in [5.41, 5.74) is 4.19. The summed E-state index contributed by atoms with van der Waals surface area (Å²) >= 11 is 0. The Morgan fingerprint density at radius 3 is 2.48 bits per heavy atom. The molecule has 0 aromatic heterocycles. The third kappa shape index (κ3) is 10.7. The van der Waals surface area contributed by atoms with E-state index in [9.17, 15) is 15.0 Å². The molecule has 2 N–H and O–H groups in total. The molecule has 0 saturated heterocycles. The van der Waals surface area contributed by atoms with E-state index in [1.807, 2.05) is 30.3 Å². The molecule has 1 rings (SSSR count). The van der Waals surface area contributed by atoms with Gasteiger partial charge < -0.3 is 19.7 Å². The summed E-state index contributed by atoms with van der Waals surface area (Å²) in [5, 5.41) is 20.5. The summed E-state index contributed by atoms with van der Waals surface area (Å²) in [7, 11) is -1.64. The van der Waals surface area contributed by atoms with Crippen molar-refractivity contribution in [3.63, 3.8) is 0 Å². The zero-order valence-corrected chi connectivity index (χ0v) is 17.5. The maximum absolute atomic E-state index is 11.3. The Bertz CT molecular complexity index is 655. The molecular weight excluding hydrogens is 360 g/mol. The minimum atomic E-state index is -1.64. The predicted molar refractivity (Wildman–Crippen MR) is 109 cm³/mol. The van der Waals surface area contributed by atoms with Crippen molar-refractivity contribution in [1.82, 2.24) is 0 Å². The van der Waals surface area contributed by atoms with Gasteiger partial charge in [-0.15, -0.1) is 5.54 Å². The highest BCUT2D eigenvalue weighted by Gasteiger charge is 2.21. The predicted octanol–water partition coefficient (Wildman–Crippen LogP) is 2.68. The van der Waals surface area contributed by atoms with Crippen LogP contribution in [0.25, 0.3) is 0 Å². The summed E-state index contributed by atoms with van der Waals surface area (Å²) in [6, 6.07) is 9.63. The second-order valence-corrected chi connectivity index (χ2v) is 12.0. The van der Waals surface area contributed by atoms with Crippen LogP contribution in [0.15, 0.2) is 42.5 Å². The van der Waals surface area contributed by atoms with Crippen LogP contribution in [-0.4, -0.2) is 49.2 Å². The molecule has 0 radical (unpaired) electrons. The van der Waals surface area contributed by atoms with E-state index < -0.39 is 32.4 Å². The average molecular weight is 391 g/mol. The molecule has 1 aromatic carbocycles. The molecule has 6 heteroatoms. The first-order chi connectivity index (χ1) is 12.7. The van der Waals surface area contributed by atoms with Crippen molar-refractivity contribution in [2.75, 3.05) is 6.61 Å². The Morgan fingerprint density at radius 1 is 1.22 bits per heavy atom. The highest BCUT2D eigenvalue weighted by Crippen LogP contribution is 2.12. The molecule has 0 unspecified atom stereocenters. The van der Waals surface area contributed by atoms with E-state index >= 15 is 0 Å². The molecule has 148 valence electrons. The van der Waals surface area contributed by atoms with Gasteiger partial charge in [-0.2, -0.15) is 0 Å². The van der Waals surface area contributed by atoms with Crippen LogP contribution in [0.4, 0.5) is 0 Å². The van der Waals surface area contributed by atoms with Gasteiger partial charge >= 0.3 is 5.97 Å². The second-order valence-electron chi connectivity index (χ2n) is 7.22. The minimum Gasteiger partial charge on any atom is -0.463 e. The molecule has 0 heterocycles. The summed E-state index contributed by atoms with van der Waals surface area (Å²) in [5.74, 6) is 2.51. The Hall–Kier alpha value is -1.91. The van der Waals surface area contributed by atoms with Crippen LogP contribution >= 0.6 is 0 Å². The monoisotopic (exact) mass is 390 g/mol. The number of aliphatic hydroxyl groups excluding tert-OH is 2. The number of hydrogen-bond acceptors (Lipinski definition) is 5. The molecule has 0 aliphatic carbocycles. The highest BCUT2D eigenvalue weighted by molar-refractivity contribution is 6.83. The maximum Gasteiger partial charge on any atom is 0.330 e. The van der Waals surface area contributed by atoms with Crippen molar-refractivity contribution >= 4 is 14.0 Å². The third-order valence-corrected chi connectivity index (χ3v) is 4.33. The van der Waals surface area contributed by atoms with Gasteiger partial charge in [0.2, 0.25) is 0 Å². The number of esters is 1. The normalized spacial score (nSPS) is 14.9. The van der Waals surface area contributed by atoms with Crippen molar-refractivity contribution in [2.45, 2.75) is 57.9 Å². The van der Waals surface area contributed by atoms with Gasteiger partial charge in [0.1, 0.15) is 14.2 Å². The second kappa shape index (κ2) is 11.7. The molecule has 3 atom stereocenters. The summed E-state index contributed by atoms with van der Waals surface area (Å²) in [6.07, 6.45) is -0.228. The fourth-order valence-electron chi connectivity index (χ4n) is 2.13. The number of benzene rings is 1. The van der Waals surface area contributed by atoms with Crippen LogP contribution in [-0.2, 0) is 20.9 Å². The molecule has 0 bridgehead atoms. The fourth-order valence-corrected chi connectivity index (χ4v) is 2.70. The van der Waals surface area contributed by atoms with Crippen LogP contribution < -0.4 is 0 Å². The zero-order valence-electron chi connectivity index (χ0n) is 16.5. The number of carbonyl (C=O) groups excluding carboxylic acids is 1. The first-order valence-corrected chi connectivity index (χ1v) is 12.6. The standard InChI is InChI=1S/C21H30O5Si/c1-5-25-21(24)12-11-18(22)15-19(23)20(13-14-27(2,3)4)26-16-17-9-7-6-8-10-17/h6-12,18-20,22-23H,5,15-16H2,1-4H3/b12-11+/t18-,19+,20-/m0/s1. The first-order valence-electron chi connectivity index (χ1n) is 9.10. The number of aliphatic hydroxyl groups is 2. The molecule has 0 aliphatic heterocycles. The van der Waals surface area contributed by atoms with Crippen LogP contribution in [0.3, 0.4) is 0 Å². The van der Waals surface area contributed by atoms with Crippen LogP contribution in [0.5, 0.6) is 0 Å². The lowest BCUT2D eigenvalue weighted by Gasteiger charge is -2.21. The quantitative estimate of drug-likeness (QED) is 0.293. The maximum atomic E-state index is 11.3. The van der Waals surface area contributed by atoms with E-state index in [0.29, 0.717) is 6.61 Å². The average Bonchev–Trinajstić information content (AvgIpc) is 2.60. The topological polar surface area (TPSA) is 76.0 Å². The molecule has 1 aromatic rings. The lowest BCUT2D eigenvalue weighted by Crippen LogP contribution is -2.32. The number of rotatable bonds is 9. The van der Waals surface area contributed by atoms with Crippen molar-refractivity contribution in [1.29, 1.82) is 0 Å². The number of ether oxygens (including phenoxy) is 2. The van der Waals surface area contributed by atoms with Gasteiger partial charge in [-0.3, -0.25) is 0 Å². The largest absolute Gasteiger partial charge is 0.463 e. The van der Waals surface area contributed by atoms with Crippen molar-refractivity contribution in [3.05, 3.63) is 48.0 Å². The summed E-state index contributed by atoms with van der Waals surface area (Å²) in [4.78, 5) is 11.3. The lowest BCUT2D eigenvalue weighted by molar-refractivity contribution is -0.137. The molecule has 0 amide bonds. The van der Waals surface area contributed by atoms with Crippen LogP contribution in [0.2, 0.25) is 19.6 Å². The van der Waals surface area contributed by atoms with Gasteiger partial charge in [-0.25, -0.2) is 4.79 Å². The molecule has 27 heavy (non-hydrogen) atoms. The Morgan fingerprint density at radius 2 is 1.89 bits per heavy atom. The van der Waals surface area contributed by atoms with E-state index in [4.69, 9.17) is 9.47 Å². The van der Waals surface area contributed by atoms with Gasteiger partial charge in [0, 0.05) is 12.5 Å². The zero-order chi connectivity index (χ0) is 20.3. The summed E-state index contributed by atoms with van der Waals surface area (Å²) in [6.45, 7) is 8.62. The van der Waals surface area contributed by atoms with E-state index in [0.717, 1.165) is 11.6 Å². The fraction of sp³-hybridized carbons (Fsp3) is 0.476. The molecule has 0 spiro atoms. The van der Waals surface area contributed by atoms with Crippen LogP contribution in [0.1, 0.15) is 18.9 Å². The third-order valence-electron chi connectivity index (χ3n) is 3.44. The van der Waals surface area contributed by atoms with E-state index in [1.54, 1.807) is 6.92 Å². The molecule has 0 fully saturated rings. The Kier molecular flexibility index (Phi) is 10.0. The molecule has 0 aliphatic rings. The minimum absolute atomic E-state index is 0.00966. The molecule has 5 nitrogen and oxygen atoms in total. The molecule has 0 saturated carbocycles. The Balaban J connectivity index is 2.74. The SMILES string of the molecule is CCOC(=O)/C=C/[C@H](O)C[C@@H](O)[C@H](C#C[Si](C)(C)C)OCc1ccccc1.